The fourth-order valence-corrected chi connectivity index (χ4v) is 2.81. The topological polar surface area (TPSA) is 55.4 Å². The molecule has 3 aromatic rings. The maximum atomic E-state index is 12.0. The quantitative estimate of drug-likeness (QED) is 0.663. The average Bonchev–Trinajstić information content (AvgIpc) is 2.64. The Bertz CT molecular complexity index is 928. The van der Waals surface area contributed by atoms with E-state index in [0.29, 0.717) is 0 Å². The SMILES string of the molecule is Cc1cccc(NC(=O)CCC(=O)OCc2cccc3ccccc23)c1. The third-order valence-corrected chi connectivity index (χ3v) is 4.13. The number of anilines is 1. The van der Waals surface area contributed by atoms with E-state index in [1.807, 2.05) is 73.7 Å². The molecule has 0 fully saturated rings. The van der Waals surface area contributed by atoms with Gasteiger partial charge >= 0.3 is 5.97 Å². The summed E-state index contributed by atoms with van der Waals surface area (Å²) in [6.45, 7) is 2.17. The van der Waals surface area contributed by atoms with E-state index >= 15 is 0 Å². The lowest BCUT2D eigenvalue weighted by Crippen LogP contribution is -2.14. The molecule has 0 heterocycles. The zero-order valence-electron chi connectivity index (χ0n) is 14.7. The highest BCUT2D eigenvalue weighted by atomic mass is 16.5. The lowest BCUT2D eigenvalue weighted by molar-refractivity contribution is -0.145. The Morgan fingerprint density at radius 1 is 0.923 bits per heavy atom. The van der Waals surface area contributed by atoms with Gasteiger partial charge in [-0.15, -0.1) is 0 Å². The molecule has 3 rings (SSSR count). The van der Waals surface area contributed by atoms with E-state index in [1.165, 1.54) is 0 Å². The van der Waals surface area contributed by atoms with Crippen LogP contribution >= 0.6 is 0 Å². The number of benzene rings is 3. The maximum Gasteiger partial charge on any atom is 0.306 e. The third kappa shape index (κ3) is 4.70. The molecule has 0 radical (unpaired) electrons. The monoisotopic (exact) mass is 347 g/mol. The van der Waals surface area contributed by atoms with Crippen molar-refractivity contribution in [3.05, 3.63) is 77.9 Å². The highest BCUT2D eigenvalue weighted by Crippen LogP contribution is 2.19. The van der Waals surface area contributed by atoms with Gasteiger partial charge < -0.3 is 10.1 Å². The number of carbonyl (C=O) groups excluding carboxylic acids is 2. The summed E-state index contributed by atoms with van der Waals surface area (Å²) in [5, 5.41) is 4.97. The lowest BCUT2D eigenvalue weighted by atomic mass is 10.1. The van der Waals surface area contributed by atoms with E-state index in [0.717, 1.165) is 27.6 Å². The molecule has 1 amide bonds. The van der Waals surface area contributed by atoms with Gasteiger partial charge in [-0.25, -0.2) is 0 Å². The van der Waals surface area contributed by atoms with E-state index in [-0.39, 0.29) is 31.3 Å². The van der Waals surface area contributed by atoms with Gasteiger partial charge in [0.25, 0.3) is 0 Å². The molecule has 0 atom stereocenters. The molecule has 0 aliphatic heterocycles. The predicted molar refractivity (Wildman–Crippen MR) is 103 cm³/mol. The number of carbonyl (C=O) groups is 2. The highest BCUT2D eigenvalue weighted by molar-refractivity contribution is 5.92. The largest absolute Gasteiger partial charge is 0.461 e. The molecule has 0 aliphatic carbocycles. The molecule has 0 saturated heterocycles. The van der Waals surface area contributed by atoms with Crippen LogP contribution in [-0.2, 0) is 20.9 Å². The Morgan fingerprint density at radius 2 is 1.69 bits per heavy atom. The Labute approximate surface area is 152 Å². The molecule has 0 spiro atoms. The van der Waals surface area contributed by atoms with Crippen LogP contribution in [-0.4, -0.2) is 11.9 Å². The second kappa shape index (κ2) is 8.30. The van der Waals surface area contributed by atoms with Gasteiger partial charge in [0.2, 0.25) is 5.91 Å². The van der Waals surface area contributed by atoms with E-state index in [2.05, 4.69) is 5.32 Å². The Morgan fingerprint density at radius 3 is 2.54 bits per heavy atom. The number of hydrogen-bond acceptors (Lipinski definition) is 3. The van der Waals surface area contributed by atoms with E-state index in [9.17, 15) is 9.59 Å². The van der Waals surface area contributed by atoms with Crippen LogP contribution in [0, 0.1) is 6.92 Å². The second-order valence-electron chi connectivity index (χ2n) is 6.22. The van der Waals surface area contributed by atoms with Crippen molar-refractivity contribution in [2.75, 3.05) is 5.32 Å². The van der Waals surface area contributed by atoms with Crippen LogP contribution < -0.4 is 5.32 Å². The second-order valence-corrected chi connectivity index (χ2v) is 6.22. The van der Waals surface area contributed by atoms with Gasteiger partial charge in [-0.3, -0.25) is 9.59 Å². The maximum absolute atomic E-state index is 12.0. The molecule has 3 aromatic carbocycles. The van der Waals surface area contributed by atoms with Crippen molar-refractivity contribution < 1.29 is 14.3 Å². The molecule has 0 aromatic heterocycles. The summed E-state index contributed by atoms with van der Waals surface area (Å²) in [5.41, 5.74) is 2.76. The zero-order valence-corrected chi connectivity index (χ0v) is 14.7. The van der Waals surface area contributed by atoms with Crippen LogP contribution in [0.15, 0.2) is 66.7 Å². The number of rotatable bonds is 6. The fraction of sp³-hybridized carbons (Fsp3) is 0.182. The number of ether oxygens (including phenoxy) is 1. The molecule has 0 aliphatic rings. The number of amides is 1. The minimum Gasteiger partial charge on any atom is -0.461 e. The molecule has 0 saturated carbocycles. The van der Waals surface area contributed by atoms with Crippen LogP contribution in [0.3, 0.4) is 0 Å². The van der Waals surface area contributed by atoms with Crippen molar-refractivity contribution in [1.82, 2.24) is 0 Å². The van der Waals surface area contributed by atoms with E-state index in [1.54, 1.807) is 0 Å². The summed E-state index contributed by atoms with van der Waals surface area (Å²) in [6, 6.07) is 21.4. The van der Waals surface area contributed by atoms with Gasteiger partial charge in [0, 0.05) is 12.1 Å². The molecule has 132 valence electrons. The summed E-state index contributed by atoms with van der Waals surface area (Å²) in [6.07, 6.45) is 0.157. The summed E-state index contributed by atoms with van der Waals surface area (Å²) in [4.78, 5) is 23.9. The first-order chi connectivity index (χ1) is 12.6. The van der Waals surface area contributed by atoms with Crippen LogP contribution in [0.1, 0.15) is 24.0 Å². The number of fused-ring (bicyclic) bond motifs is 1. The highest BCUT2D eigenvalue weighted by Gasteiger charge is 2.10. The van der Waals surface area contributed by atoms with E-state index in [4.69, 9.17) is 4.74 Å². The Hall–Kier alpha value is -3.14. The number of nitrogens with one attached hydrogen (secondary N) is 1. The summed E-state index contributed by atoms with van der Waals surface area (Å²) in [7, 11) is 0. The molecule has 1 N–H and O–H groups in total. The first-order valence-corrected chi connectivity index (χ1v) is 8.60. The van der Waals surface area contributed by atoms with E-state index < -0.39 is 0 Å². The summed E-state index contributed by atoms with van der Waals surface area (Å²) in [5.74, 6) is -0.574. The van der Waals surface area contributed by atoms with Crippen LogP contribution in [0.4, 0.5) is 5.69 Å². The van der Waals surface area contributed by atoms with Gasteiger partial charge in [-0.05, 0) is 41.0 Å². The third-order valence-electron chi connectivity index (χ3n) is 4.13. The smallest absolute Gasteiger partial charge is 0.306 e. The first-order valence-electron chi connectivity index (χ1n) is 8.60. The molecule has 0 bridgehead atoms. The standard InChI is InChI=1S/C22H21NO3/c1-16-6-4-10-19(14-16)23-21(24)12-13-22(25)26-15-18-9-5-8-17-7-2-3-11-20(17)18/h2-11,14H,12-13,15H2,1H3,(H,23,24). The number of esters is 1. The average molecular weight is 347 g/mol. The van der Waals surface area contributed by atoms with Crippen molar-refractivity contribution >= 4 is 28.3 Å². The summed E-state index contributed by atoms with van der Waals surface area (Å²) < 4.78 is 5.34. The van der Waals surface area contributed by atoms with Gasteiger partial charge in [0.15, 0.2) is 0 Å². The molecule has 26 heavy (non-hydrogen) atoms. The molecular formula is C22H21NO3. The molecular weight excluding hydrogens is 326 g/mol. The Balaban J connectivity index is 1.49. The predicted octanol–water partition coefficient (Wildman–Crippen LogP) is 4.61. The van der Waals surface area contributed by atoms with Crippen LogP contribution in [0.5, 0.6) is 0 Å². The lowest BCUT2D eigenvalue weighted by Gasteiger charge is -2.09. The zero-order chi connectivity index (χ0) is 18.4. The first kappa shape index (κ1) is 17.7. The van der Waals surface area contributed by atoms with Crippen LogP contribution in [0.25, 0.3) is 10.8 Å². The minimum absolute atomic E-state index is 0.0580. The Kier molecular flexibility index (Phi) is 5.64. The van der Waals surface area contributed by atoms with Gasteiger partial charge in [0.1, 0.15) is 6.61 Å². The van der Waals surface area contributed by atoms with Crippen molar-refractivity contribution in [3.63, 3.8) is 0 Å². The van der Waals surface area contributed by atoms with Crippen molar-refractivity contribution in [2.24, 2.45) is 0 Å². The number of aryl methyl sites for hydroxylation is 1. The van der Waals surface area contributed by atoms with Gasteiger partial charge in [-0.1, -0.05) is 54.6 Å². The van der Waals surface area contributed by atoms with Crippen molar-refractivity contribution in [2.45, 2.75) is 26.4 Å². The normalized spacial score (nSPS) is 10.5. The number of hydrogen-bond donors (Lipinski definition) is 1. The molecule has 0 unspecified atom stereocenters. The minimum atomic E-state index is -0.377. The van der Waals surface area contributed by atoms with Crippen molar-refractivity contribution in [1.29, 1.82) is 0 Å². The van der Waals surface area contributed by atoms with Gasteiger partial charge in [-0.2, -0.15) is 0 Å². The summed E-state index contributed by atoms with van der Waals surface area (Å²) >= 11 is 0. The molecule has 4 nitrogen and oxygen atoms in total. The van der Waals surface area contributed by atoms with Crippen LogP contribution in [0.2, 0.25) is 0 Å². The fourth-order valence-electron chi connectivity index (χ4n) is 2.81. The van der Waals surface area contributed by atoms with Gasteiger partial charge in [0.05, 0.1) is 6.42 Å². The molecule has 4 heteroatoms. The van der Waals surface area contributed by atoms with Crippen molar-refractivity contribution in [3.8, 4) is 0 Å².